The van der Waals surface area contributed by atoms with Crippen molar-refractivity contribution in [2.75, 3.05) is 5.73 Å². The molecule has 0 saturated carbocycles. The second kappa shape index (κ2) is 8.00. The first-order valence-electron chi connectivity index (χ1n) is 10.4. The molecule has 0 spiro atoms. The fourth-order valence-corrected chi connectivity index (χ4v) is 4.05. The molecule has 0 fully saturated rings. The number of benzene rings is 4. The van der Waals surface area contributed by atoms with Crippen molar-refractivity contribution in [1.82, 2.24) is 0 Å². The van der Waals surface area contributed by atoms with Crippen molar-refractivity contribution in [3.8, 4) is 0 Å². The Hall–Kier alpha value is -4.04. The lowest BCUT2D eigenvalue weighted by Gasteiger charge is -2.08. The van der Waals surface area contributed by atoms with Gasteiger partial charge in [-0.05, 0) is 63.9 Å². The van der Waals surface area contributed by atoms with E-state index in [9.17, 15) is 0 Å². The van der Waals surface area contributed by atoms with Crippen LogP contribution in [0.15, 0.2) is 95.4 Å². The molecule has 2 nitrogen and oxygen atoms in total. The van der Waals surface area contributed by atoms with E-state index in [1.54, 1.807) is 0 Å². The van der Waals surface area contributed by atoms with Gasteiger partial charge >= 0.3 is 0 Å². The first-order chi connectivity index (χ1) is 15.2. The van der Waals surface area contributed by atoms with Gasteiger partial charge in [0.1, 0.15) is 5.58 Å². The Morgan fingerprint density at radius 2 is 1.58 bits per heavy atom. The molecule has 0 aliphatic rings. The molecule has 0 unspecified atom stereocenters. The molecule has 0 aliphatic heterocycles. The van der Waals surface area contributed by atoms with Gasteiger partial charge in [0.15, 0.2) is 5.76 Å². The molecule has 0 atom stereocenters. The van der Waals surface area contributed by atoms with Gasteiger partial charge in [0.25, 0.3) is 0 Å². The van der Waals surface area contributed by atoms with Gasteiger partial charge in [-0.2, -0.15) is 0 Å². The third kappa shape index (κ3) is 3.53. The van der Waals surface area contributed by atoms with E-state index in [1.807, 2.05) is 43.3 Å². The van der Waals surface area contributed by atoms with E-state index < -0.39 is 0 Å². The van der Waals surface area contributed by atoms with Crippen LogP contribution >= 0.6 is 0 Å². The van der Waals surface area contributed by atoms with Crippen molar-refractivity contribution in [3.63, 3.8) is 0 Å². The van der Waals surface area contributed by atoms with E-state index in [-0.39, 0.29) is 0 Å². The molecule has 2 N–H and O–H groups in total. The van der Waals surface area contributed by atoms with Crippen molar-refractivity contribution >= 4 is 56.4 Å². The lowest BCUT2D eigenvalue weighted by atomic mass is 9.96. The SMILES string of the molecule is C/C=C\C=C/c1cccc2ccc3ccc(/C=C\c4oc5ccccc5c4N)cc3c12. The van der Waals surface area contributed by atoms with Crippen LogP contribution in [0.3, 0.4) is 0 Å². The fourth-order valence-electron chi connectivity index (χ4n) is 4.05. The van der Waals surface area contributed by atoms with Crippen molar-refractivity contribution in [1.29, 1.82) is 0 Å². The maximum absolute atomic E-state index is 6.29. The van der Waals surface area contributed by atoms with E-state index in [2.05, 4.69) is 72.8 Å². The number of hydrogen-bond donors (Lipinski definition) is 1. The molecule has 4 aromatic carbocycles. The number of nitrogen functional groups attached to an aromatic ring is 1. The molecular weight excluding hydrogens is 378 g/mol. The highest BCUT2D eigenvalue weighted by Crippen LogP contribution is 2.32. The van der Waals surface area contributed by atoms with Crippen LogP contribution in [0.2, 0.25) is 0 Å². The molecule has 0 radical (unpaired) electrons. The number of allylic oxidation sites excluding steroid dienone is 3. The van der Waals surface area contributed by atoms with Gasteiger partial charge in [0, 0.05) is 5.39 Å². The number of para-hydroxylation sites is 1. The van der Waals surface area contributed by atoms with Gasteiger partial charge < -0.3 is 10.2 Å². The Balaban J connectivity index is 1.62. The minimum atomic E-state index is 0.675. The first kappa shape index (κ1) is 19.0. The molecule has 150 valence electrons. The Morgan fingerprint density at radius 1 is 0.742 bits per heavy atom. The first-order valence-corrected chi connectivity index (χ1v) is 10.4. The van der Waals surface area contributed by atoms with E-state index in [0.29, 0.717) is 11.4 Å². The number of nitrogens with two attached hydrogens (primary N) is 1. The molecule has 0 amide bonds. The van der Waals surface area contributed by atoms with Gasteiger partial charge in [0.2, 0.25) is 0 Å². The molecular formula is C29H23NO. The molecule has 0 aliphatic carbocycles. The minimum absolute atomic E-state index is 0.675. The maximum atomic E-state index is 6.29. The molecule has 1 aromatic heterocycles. The number of furan rings is 1. The Bertz CT molecular complexity index is 1500. The summed E-state index contributed by atoms with van der Waals surface area (Å²) in [4.78, 5) is 0. The summed E-state index contributed by atoms with van der Waals surface area (Å²) in [5.41, 5.74) is 10.1. The van der Waals surface area contributed by atoms with Gasteiger partial charge in [-0.3, -0.25) is 0 Å². The molecule has 5 aromatic rings. The average Bonchev–Trinajstić information content (AvgIpc) is 3.13. The lowest BCUT2D eigenvalue weighted by molar-refractivity contribution is 0.606. The van der Waals surface area contributed by atoms with Crippen molar-refractivity contribution < 1.29 is 4.42 Å². The van der Waals surface area contributed by atoms with Crippen molar-refractivity contribution in [2.24, 2.45) is 0 Å². The topological polar surface area (TPSA) is 39.2 Å². The third-order valence-electron chi connectivity index (χ3n) is 5.59. The van der Waals surface area contributed by atoms with Crippen LogP contribution in [0.25, 0.3) is 50.7 Å². The summed E-state index contributed by atoms with van der Waals surface area (Å²) < 4.78 is 5.92. The predicted octanol–water partition coefficient (Wildman–Crippen LogP) is 8.08. The van der Waals surface area contributed by atoms with Crippen LogP contribution in [0.4, 0.5) is 5.69 Å². The molecule has 2 heteroatoms. The summed E-state index contributed by atoms with van der Waals surface area (Å²) in [7, 11) is 0. The highest BCUT2D eigenvalue weighted by atomic mass is 16.3. The summed E-state index contributed by atoms with van der Waals surface area (Å²) >= 11 is 0. The Morgan fingerprint density at radius 3 is 2.45 bits per heavy atom. The highest BCUT2D eigenvalue weighted by molar-refractivity contribution is 6.11. The predicted molar refractivity (Wildman–Crippen MR) is 135 cm³/mol. The van der Waals surface area contributed by atoms with Crippen LogP contribution < -0.4 is 5.73 Å². The zero-order valence-electron chi connectivity index (χ0n) is 17.4. The molecule has 5 rings (SSSR count). The third-order valence-corrected chi connectivity index (χ3v) is 5.59. The summed E-state index contributed by atoms with van der Waals surface area (Å²) in [6, 6.07) is 25.2. The van der Waals surface area contributed by atoms with Gasteiger partial charge in [-0.15, -0.1) is 0 Å². The molecule has 0 saturated heterocycles. The minimum Gasteiger partial charge on any atom is -0.454 e. The van der Waals surface area contributed by atoms with Gasteiger partial charge in [-0.25, -0.2) is 0 Å². The zero-order chi connectivity index (χ0) is 21.2. The normalized spacial score (nSPS) is 12.4. The standard InChI is InChI=1S/C29H23NO/c1-2-3-4-8-22-9-7-10-23-17-16-21-15-13-20(19-25(21)28(22)23)14-18-27-29(30)24-11-5-6-12-26(24)31-27/h2-19H,30H2,1H3/b3-2-,8-4-,18-14-. The van der Waals surface area contributed by atoms with Crippen molar-refractivity contribution in [3.05, 3.63) is 108 Å². The fraction of sp³-hybridized carbons (Fsp3) is 0.0345. The van der Waals surface area contributed by atoms with Crippen molar-refractivity contribution in [2.45, 2.75) is 6.92 Å². The second-order valence-corrected chi connectivity index (χ2v) is 7.59. The number of fused-ring (bicyclic) bond motifs is 4. The molecule has 31 heavy (non-hydrogen) atoms. The number of anilines is 1. The van der Waals surface area contributed by atoms with Crippen LogP contribution in [0.5, 0.6) is 0 Å². The van der Waals surface area contributed by atoms with Crippen LogP contribution in [-0.4, -0.2) is 0 Å². The average molecular weight is 402 g/mol. The highest BCUT2D eigenvalue weighted by Gasteiger charge is 2.08. The number of hydrogen-bond acceptors (Lipinski definition) is 2. The second-order valence-electron chi connectivity index (χ2n) is 7.59. The van der Waals surface area contributed by atoms with E-state index in [0.717, 1.165) is 16.5 Å². The maximum Gasteiger partial charge on any atom is 0.151 e. The zero-order valence-corrected chi connectivity index (χ0v) is 17.4. The van der Waals surface area contributed by atoms with E-state index in [1.165, 1.54) is 27.1 Å². The number of rotatable bonds is 4. The monoisotopic (exact) mass is 401 g/mol. The summed E-state index contributed by atoms with van der Waals surface area (Å²) in [5.74, 6) is 0.689. The van der Waals surface area contributed by atoms with Crippen LogP contribution in [-0.2, 0) is 0 Å². The lowest BCUT2D eigenvalue weighted by Crippen LogP contribution is -1.85. The Kier molecular flexibility index (Phi) is 4.89. The van der Waals surface area contributed by atoms with E-state index in [4.69, 9.17) is 10.2 Å². The smallest absolute Gasteiger partial charge is 0.151 e. The Labute approximate surface area is 181 Å². The summed E-state index contributed by atoms with van der Waals surface area (Å²) in [6.07, 6.45) is 12.3. The van der Waals surface area contributed by atoms with Gasteiger partial charge in [-0.1, -0.05) is 85.0 Å². The van der Waals surface area contributed by atoms with Gasteiger partial charge in [0.05, 0.1) is 5.69 Å². The molecule has 0 bridgehead atoms. The quantitative estimate of drug-likeness (QED) is 0.244. The summed E-state index contributed by atoms with van der Waals surface area (Å²) in [5, 5.41) is 5.90. The molecule has 1 heterocycles. The van der Waals surface area contributed by atoms with Crippen LogP contribution in [0.1, 0.15) is 23.8 Å². The van der Waals surface area contributed by atoms with E-state index >= 15 is 0 Å². The van der Waals surface area contributed by atoms with Crippen LogP contribution in [0, 0.1) is 0 Å². The largest absolute Gasteiger partial charge is 0.454 e. The summed E-state index contributed by atoms with van der Waals surface area (Å²) in [6.45, 7) is 2.02.